The summed E-state index contributed by atoms with van der Waals surface area (Å²) < 4.78 is 31.4. The fourth-order valence-electron chi connectivity index (χ4n) is 2.40. The summed E-state index contributed by atoms with van der Waals surface area (Å²) in [5.74, 6) is -1.76. The Labute approximate surface area is 156 Å². The van der Waals surface area contributed by atoms with Gasteiger partial charge in [-0.05, 0) is 18.1 Å². The second-order valence-corrected chi connectivity index (χ2v) is 7.74. The summed E-state index contributed by atoms with van der Waals surface area (Å²) in [5, 5.41) is 1.87. The van der Waals surface area contributed by atoms with Crippen molar-refractivity contribution in [1.29, 1.82) is 0 Å². The fourth-order valence-corrected chi connectivity index (χ4v) is 3.65. The fraction of sp³-hybridized carbons (Fsp3) is 0.375. The van der Waals surface area contributed by atoms with Gasteiger partial charge in [0.25, 0.3) is 15.9 Å². The zero-order valence-electron chi connectivity index (χ0n) is 14.8. The van der Waals surface area contributed by atoms with Crippen LogP contribution in [0.2, 0.25) is 0 Å². The summed E-state index contributed by atoms with van der Waals surface area (Å²) in [6.07, 6.45) is -1.36. The van der Waals surface area contributed by atoms with E-state index >= 15 is 0 Å². The number of nitrogens with one attached hydrogen (secondary N) is 2. The maximum Gasteiger partial charge on any atom is 0.318 e. The van der Waals surface area contributed by atoms with Gasteiger partial charge in [0.2, 0.25) is 0 Å². The van der Waals surface area contributed by atoms with E-state index in [1.165, 1.54) is 6.07 Å². The maximum atomic E-state index is 12.0. The number of aliphatic imine (C=N–C) groups is 1. The first-order valence-electron chi connectivity index (χ1n) is 8.08. The molecule has 0 saturated heterocycles. The van der Waals surface area contributed by atoms with Crippen molar-refractivity contribution < 1.29 is 27.5 Å². The zero-order valence-corrected chi connectivity index (χ0v) is 15.6. The number of imide groups is 1. The maximum absolute atomic E-state index is 12.0. The average Bonchev–Trinajstić information content (AvgIpc) is 2.83. The van der Waals surface area contributed by atoms with Gasteiger partial charge in [-0.25, -0.2) is 13.2 Å². The van der Waals surface area contributed by atoms with E-state index in [9.17, 15) is 22.8 Å². The molecule has 1 heterocycles. The van der Waals surface area contributed by atoms with Crippen LogP contribution in [0.1, 0.15) is 25.8 Å². The second kappa shape index (κ2) is 8.16. The number of ether oxygens (including phenoxy) is 1. The van der Waals surface area contributed by atoms with Crippen molar-refractivity contribution >= 4 is 33.8 Å². The molecule has 2 rings (SSSR count). The molecule has 4 N–H and O–H groups in total. The van der Waals surface area contributed by atoms with Crippen LogP contribution in [0, 0.1) is 5.92 Å². The van der Waals surface area contributed by atoms with Gasteiger partial charge in [0.1, 0.15) is 5.84 Å². The van der Waals surface area contributed by atoms with Gasteiger partial charge in [-0.2, -0.15) is 0 Å². The number of urea groups is 1. The summed E-state index contributed by atoms with van der Waals surface area (Å²) in [6.45, 7) is 3.24. The molecule has 1 aromatic carbocycles. The number of rotatable bonds is 6. The number of amidine groups is 1. The largest absolute Gasteiger partial charge is 0.452 e. The molecule has 0 fully saturated rings. The lowest BCUT2D eigenvalue weighted by Gasteiger charge is -2.19. The van der Waals surface area contributed by atoms with Crippen LogP contribution in [0.4, 0.5) is 4.79 Å². The summed E-state index contributed by atoms with van der Waals surface area (Å²) in [6, 6.07) is 5.30. The number of sulfonamides is 1. The quantitative estimate of drug-likeness (QED) is 0.569. The van der Waals surface area contributed by atoms with Crippen molar-refractivity contribution in [3.8, 4) is 0 Å². The average molecular weight is 396 g/mol. The van der Waals surface area contributed by atoms with E-state index < -0.39 is 34.0 Å². The van der Waals surface area contributed by atoms with Crippen molar-refractivity contribution in [3.63, 3.8) is 0 Å². The van der Waals surface area contributed by atoms with Gasteiger partial charge in [-0.3, -0.25) is 24.6 Å². The van der Waals surface area contributed by atoms with Gasteiger partial charge in [0.15, 0.2) is 6.10 Å². The minimum atomic E-state index is -3.65. The number of hydrogen-bond acceptors (Lipinski definition) is 7. The molecule has 1 atom stereocenters. The molecule has 1 unspecified atom stereocenters. The highest BCUT2D eigenvalue weighted by Crippen LogP contribution is 2.22. The molecule has 146 valence electrons. The van der Waals surface area contributed by atoms with Crippen molar-refractivity contribution in [2.75, 3.05) is 6.54 Å². The molecule has 11 heteroatoms. The molecule has 0 aromatic heterocycles. The number of esters is 1. The van der Waals surface area contributed by atoms with Crippen LogP contribution < -0.4 is 15.8 Å². The SMILES string of the molecule is CC(C)C(OC(=O)CCN=C1NS(=O)(=O)c2ccccc21)C(=O)NC(N)=O. The van der Waals surface area contributed by atoms with E-state index in [1.54, 1.807) is 32.0 Å². The molecule has 1 aliphatic rings. The number of nitrogens with two attached hydrogens (primary N) is 1. The van der Waals surface area contributed by atoms with Crippen LogP contribution in [0.3, 0.4) is 0 Å². The first-order chi connectivity index (χ1) is 12.6. The van der Waals surface area contributed by atoms with Gasteiger partial charge < -0.3 is 10.5 Å². The third kappa shape index (κ3) is 5.03. The van der Waals surface area contributed by atoms with Crippen LogP contribution >= 0.6 is 0 Å². The Morgan fingerprint density at radius 1 is 1.26 bits per heavy atom. The lowest BCUT2D eigenvalue weighted by molar-refractivity contribution is -0.158. The third-order valence-electron chi connectivity index (χ3n) is 3.62. The molecule has 3 amide bonds. The van der Waals surface area contributed by atoms with E-state index in [0.29, 0.717) is 5.56 Å². The van der Waals surface area contributed by atoms with Gasteiger partial charge in [0.05, 0.1) is 17.9 Å². The molecule has 0 saturated carbocycles. The van der Waals surface area contributed by atoms with Crippen LogP contribution in [0.15, 0.2) is 34.2 Å². The summed E-state index contributed by atoms with van der Waals surface area (Å²) >= 11 is 0. The first-order valence-corrected chi connectivity index (χ1v) is 9.56. The number of primary amides is 1. The highest BCUT2D eigenvalue weighted by molar-refractivity contribution is 7.90. The lowest BCUT2D eigenvalue weighted by Crippen LogP contribution is -2.45. The van der Waals surface area contributed by atoms with Crippen molar-refractivity contribution in [3.05, 3.63) is 29.8 Å². The van der Waals surface area contributed by atoms with Crippen LogP contribution in [0.5, 0.6) is 0 Å². The third-order valence-corrected chi connectivity index (χ3v) is 5.01. The van der Waals surface area contributed by atoms with E-state index in [0.717, 1.165) is 0 Å². The van der Waals surface area contributed by atoms with E-state index in [4.69, 9.17) is 10.5 Å². The van der Waals surface area contributed by atoms with E-state index in [-0.39, 0.29) is 29.6 Å². The Hall–Kier alpha value is -2.95. The molecular formula is C16H20N4O6S. The predicted octanol–water partition coefficient (Wildman–Crippen LogP) is -0.122. The van der Waals surface area contributed by atoms with Gasteiger partial charge in [0, 0.05) is 5.56 Å². The normalized spacial score (nSPS) is 17.1. The summed E-state index contributed by atoms with van der Waals surface area (Å²) in [4.78, 5) is 38.8. The Morgan fingerprint density at radius 2 is 1.93 bits per heavy atom. The van der Waals surface area contributed by atoms with Gasteiger partial charge >= 0.3 is 12.0 Å². The molecule has 27 heavy (non-hydrogen) atoms. The van der Waals surface area contributed by atoms with Gasteiger partial charge in [-0.1, -0.05) is 26.0 Å². The highest BCUT2D eigenvalue weighted by Gasteiger charge is 2.30. The van der Waals surface area contributed by atoms with Crippen molar-refractivity contribution in [2.24, 2.45) is 16.6 Å². The molecule has 0 radical (unpaired) electrons. The first kappa shape index (κ1) is 20.4. The topological polar surface area (TPSA) is 157 Å². The predicted molar refractivity (Wildman–Crippen MR) is 95.2 cm³/mol. The number of amides is 3. The standard InChI is InChI=1S/C16H20N4O6S/c1-9(2)13(15(22)19-16(17)23)26-12(21)7-8-18-14-10-5-3-4-6-11(10)27(24,25)20-14/h3-6,9,13H,7-8H2,1-2H3,(H,18,20)(H3,17,19,22,23). The van der Waals surface area contributed by atoms with E-state index in [2.05, 4.69) is 9.71 Å². The smallest absolute Gasteiger partial charge is 0.318 e. The number of fused-ring (bicyclic) bond motifs is 1. The van der Waals surface area contributed by atoms with Crippen molar-refractivity contribution in [1.82, 2.24) is 10.0 Å². The summed E-state index contributed by atoms with van der Waals surface area (Å²) in [5.41, 5.74) is 5.31. The number of hydrogen-bond donors (Lipinski definition) is 3. The van der Waals surface area contributed by atoms with Gasteiger partial charge in [-0.15, -0.1) is 0 Å². The Balaban J connectivity index is 1.99. The van der Waals surface area contributed by atoms with Crippen LogP contribution in [0.25, 0.3) is 0 Å². The molecular weight excluding hydrogens is 376 g/mol. The summed E-state index contributed by atoms with van der Waals surface area (Å²) in [7, 11) is -3.65. The molecule has 0 spiro atoms. The Bertz CT molecular complexity index is 894. The van der Waals surface area contributed by atoms with Crippen LogP contribution in [-0.4, -0.2) is 44.8 Å². The molecule has 1 aromatic rings. The number of carbonyl (C=O) groups excluding carboxylic acids is 3. The van der Waals surface area contributed by atoms with Crippen molar-refractivity contribution in [2.45, 2.75) is 31.3 Å². The number of nitrogens with zero attached hydrogens (tertiary/aromatic N) is 1. The second-order valence-electron chi connectivity index (χ2n) is 6.09. The van der Waals surface area contributed by atoms with Crippen LogP contribution in [-0.2, 0) is 24.3 Å². The Kier molecular flexibility index (Phi) is 6.16. The lowest BCUT2D eigenvalue weighted by atomic mass is 10.1. The van der Waals surface area contributed by atoms with E-state index in [1.807, 2.05) is 5.32 Å². The molecule has 0 bridgehead atoms. The number of carbonyl (C=O) groups is 3. The number of benzene rings is 1. The minimum Gasteiger partial charge on any atom is -0.452 e. The molecule has 1 aliphatic heterocycles. The molecule has 10 nitrogen and oxygen atoms in total. The molecule has 0 aliphatic carbocycles. The zero-order chi connectivity index (χ0) is 20.2. The monoisotopic (exact) mass is 396 g/mol. The Morgan fingerprint density at radius 3 is 2.56 bits per heavy atom. The minimum absolute atomic E-state index is 0.0483. The highest BCUT2D eigenvalue weighted by atomic mass is 32.2.